The Morgan fingerprint density at radius 2 is 1.59 bits per heavy atom. The molecule has 0 aliphatic rings. The summed E-state index contributed by atoms with van der Waals surface area (Å²) in [4.78, 5) is 48.8. The summed E-state index contributed by atoms with van der Waals surface area (Å²) < 4.78 is 5.88. The molecule has 150 valence electrons. The summed E-state index contributed by atoms with van der Waals surface area (Å²) in [6.07, 6.45) is 0. The predicted octanol–water partition coefficient (Wildman–Crippen LogP) is 2.41. The second kappa shape index (κ2) is 7.87. The molecule has 1 aromatic heterocycles. The quantitative estimate of drug-likeness (QED) is 0.529. The number of ketones is 1. The first-order valence-electron chi connectivity index (χ1n) is 9.18. The van der Waals surface area contributed by atoms with Crippen LogP contribution in [0.15, 0.2) is 58.1 Å². The van der Waals surface area contributed by atoms with Gasteiger partial charge in [0.2, 0.25) is 0 Å². The molecule has 0 atom stereocenters. The second-order valence-electron chi connectivity index (χ2n) is 7.79. The molecule has 0 saturated carbocycles. The standard InChI is InChI=1S/C22H22N2O5/c1-22(2,3)15-10-8-14(9-11-15)18(25)13-29-19(26)12-24-21(28)17-7-5-4-6-16(17)20(27)23-24/h4-11H,12-13H2,1-3H3,(H,23,27). The maximum atomic E-state index is 12.4. The van der Waals surface area contributed by atoms with E-state index >= 15 is 0 Å². The lowest BCUT2D eigenvalue weighted by Gasteiger charge is -2.18. The van der Waals surface area contributed by atoms with Crippen LogP contribution in [0.5, 0.6) is 0 Å². The number of nitrogens with zero attached hydrogens (tertiary/aromatic N) is 1. The molecular weight excluding hydrogens is 372 g/mol. The highest BCUT2D eigenvalue weighted by atomic mass is 16.5. The van der Waals surface area contributed by atoms with Gasteiger partial charge in [0.25, 0.3) is 11.1 Å². The van der Waals surface area contributed by atoms with E-state index in [2.05, 4.69) is 25.9 Å². The zero-order chi connectivity index (χ0) is 21.2. The molecule has 0 unspecified atom stereocenters. The van der Waals surface area contributed by atoms with Gasteiger partial charge in [-0.3, -0.25) is 24.3 Å². The Hall–Kier alpha value is -3.48. The highest BCUT2D eigenvalue weighted by molar-refractivity contribution is 5.98. The molecule has 29 heavy (non-hydrogen) atoms. The Bertz CT molecular complexity index is 1180. The lowest BCUT2D eigenvalue weighted by atomic mass is 9.86. The summed E-state index contributed by atoms with van der Waals surface area (Å²) in [7, 11) is 0. The Morgan fingerprint density at radius 3 is 2.21 bits per heavy atom. The minimum Gasteiger partial charge on any atom is -0.456 e. The number of carbonyl (C=O) groups is 2. The molecule has 7 nitrogen and oxygen atoms in total. The number of aromatic amines is 1. The minimum absolute atomic E-state index is 0.0297. The lowest BCUT2D eigenvalue weighted by Crippen LogP contribution is -2.33. The molecule has 0 aliphatic heterocycles. The van der Waals surface area contributed by atoms with Crippen molar-refractivity contribution < 1.29 is 14.3 Å². The van der Waals surface area contributed by atoms with Crippen molar-refractivity contribution >= 4 is 22.5 Å². The number of nitrogens with one attached hydrogen (secondary N) is 1. The van der Waals surface area contributed by atoms with Gasteiger partial charge in [0, 0.05) is 5.56 Å². The molecule has 7 heteroatoms. The van der Waals surface area contributed by atoms with Crippen molar-refractivity contribution in [3.05, 3.63) is 80.4 Å². The van der Waals surface area contributed by atoms with E-state index in [-0.39, 0.29) is 22.0 Å². The Balaban J connectivity index is 1.67. The van der Waals surface area contributed by atoms with Gasteiger partial charge in [-0.15, -0.1) is 0 Å². The fourth-order valence-corrected chi connectivity index (χ4v) is 2.92. The molecule has 0 saturated heterocycles. The fourth-order valence-electron chi connectivity index (χ4n) is 2.92. The van der Waals surface area contributed by atoms with Crippen molar-refractivity contribution in [3.8, 4) is 0 Å². The Kier molecular flexibility index (Phi) is 5.50. The van der Waals surface area contributed by atoms with Gasteiger partial charge in [-0.2, -0.15) is 0 Å². The van der Waals surface area contributed by atoms with Crippen LogP contribution in [0, 0.1) is 0 Å². The van der Waals surface area contributed by atoms with Gasteiger partial charge in [0.15, 0.2) is 12.4 Å². The van der Waals surface area contributed by atoms with E-state index in [1.807, 2.05) is 12.1 Å². The summed E-state index contributed by atoms with van der Waals surface area (Å²) in [5.41, 5.74) is 0.495. The van der Waals surface area contributed by atoms with Gasteiger partial charge in [0.1, 0.15) is 6.54 Å². The monoisotopic (exact) mass is 394 g/mol. The smallest absolute Gasteiger partial charge is 0.328 e. The molecule has 0 bridgehead atoms. The van der Waals surface area contributed by atoms with E-state index in [4.69, 9.17) is 4.74 Å². The SMILES string of the molecule is CC(C)(C)c1ccc(C(=O)COC(=O)Cn2[nH]c(=O)c3ccccc3c2=O)cc1. The number of carbonyl (C=O) groups excluding carboxylic acids is 2. The number of rotatable bonds is 5. The van der Waals surface area contributed by atoms with E-state index in [0.717, 1.165) is 10.2 Å². The van der Waals surface area contributed by atoms with Gasteiger partial charge in [0.05, 0.1) is 10.8 Å². The van der Waals surface area contributed by atoms with E-state index in [0.29, 0.717) is 5.56 Å². The van der Waals surface area contributed by atoms with E-state index in [9.17, 15) is 19.2 Å². The fraction of sp³-hybridized carbons (Fsp3) is 0.273. The summed E-state index contributed by atoms with van der Waals surface area (Å²) in [5.74, 6) is -1.14. The molecule has 3 rings (SSSR count). The van der Waals surface area contributed by atoms with Crippen LogP contribution in [-0.2, 0) is 21.5 Å². The lowest BCUT2D eigenvalue weighted by molar-refractivity contribution is -0.143. The van der Waals surface area contributed by atoms with Crippen molar-refractivity contribution in [2.75, 3.05) is 6.61 Å². The van der Waals surface area contributed by atoms with E-state index in [1.165, 1.54) is 12.1 Å². The zero-order valence-corrected chi connectivity index (χ0v) is 16.5. The molecule has 0 aliphatic carbocycles. The summed E-state index contributed by atoms with van der Waals surface area (Å²) in [6, 6.07) is 13.5. The molecule has 2 aromatic carbocycles. The van der Waals surface area contributed by atoms with Crippen molar-refractivity contribution in [1.82, 2.24) is 9.78 Å². The number of benzene rings is 2. The normalized spacial score (nSPS) is 11.4. The average molecular weight is 394 g/mol. The number of ether oxygens (including phenoxy) is 1. The number of esters is 1. The highest BCUT2D eigenvalue weighted by Gasteiger charge is 2.16. The average Bonchev–Trinajstić information content (AvgIpc) is 2.69. The number of hydrogen-bond acceptors (Lipinski definition) is 5. The molecule has 0 fully saturated rings. The van der Waals surface area contributed by atoms with E-state index < -0.39 is 30.2 Å². The van der Waals surface area contributed by atoms with Crippen molar-refractivity contribution in [1.29, 1.82) is 0 Å². The van der Waals surface area contributed by atoms with Crippen LogP contribution in [-0.4, -0.2) is 28.1 Å². The summed E-state index contributed by atoms with van der Waals surface area (Å²) >= 11 is 0. The maximum Gasteiger partial charge on any atom is 0.328 e. The minimum atomic E-state index is -0.794. The third-order valence-electron chi connectivity index (χ3n) is 4.61. The summed E-state index contributed by atoms with van der Waals surface area (Å²) in [5, 5.41) is 2.81. The van der Waals surface area contributed by atoms with Crippen molar-refractivity contribution in [2.45, 2.75) is 32.7 Å². The van der Waals surface area contributed by atoms with Crippen LogP contribution in [0.4, 0.5) is 0 Å². The van der Waals surface area contributed by atoms with Gasteiger partial charge in [-0.1, -0.05) is 57.2 Å². The van der Waals surface area contributed by atoms with Crippen LogP contribution in [0.2, 0.25) is 0 Å². The van der Waals surface area contributed by atoms with Crippen LogP contribution in [0.25, 0.3) is 10.8 Å². The highest BCUT2D eigenvalue weighted by Crippen LogP contribution is 2.22. The van der Waals surface area contributed by atoms with Crippen LogP contribution >= 0.6 is 0 Å². The number of aromatic nitrogens is 2. The largest absolute Gasteiger partial charge is 0.456 e. The van der Waals surface area contributed by atoms with Gasteiger partial charge < -0.3 is 4.74 Å². The van der Waals surface area contributed by atoms with Crippen molar-refractivity contribution in [2.24, 2.45) is 0 Å². The van der Waals surface area contributed by atoms with Crippen molar-refractivity contribution in [3.63, 3.8) is 0 Å². The van der Waals surface area contributed by atoms with Crippen LogP contribution in [0.1, 0.15) is 36.7 Å². The van der Waals surface area contributed by atoms with Gasteiger partial charge >= 0.3 is 5.97 Å². The van der Waals surface area contributed by atoms with E-state index in [1.54, 1.807) is 24.3 Å². The predicted molar refractivity (Wildman–Crippen MR) is 109 cm³/mol. The first kappa shape index (κ1) is 20.3. The molecule has 0 radical (unpaired) electrons. The molecule has 1 heterocycles. The third-order valence-corrected chi connectivity index (χ3v) is 4.61. The van der Waals surface area contributed by atoms with Gasteiger partial charge in [-0.25, -0.2) is 4.68 Å². The molecular formula is C22H22N2O5. The maximum absolute atomic E-state index is 12.4. The zero-order valence-electron chi connectivity index (χ0n) is 16.5. The summed E-state index contributed by atoms with van der Waals surface area (Å²) in [6.45, 7) is 5.29. The third kappa shape index (κ3) is 4.51. The molecule has 1 N–H and O–H groups in total. The first-order valence-corrected chi connectivity index (χ1v) is 9.18. The number of hydrogen-bond donors (Lipinski definition) is 1. The first-order chi connectivity index (χ1) is 13.7. The van der Waals surface area contributed by atoms with Crippen LogP contribution in [0.3, 0.4) is 0 Å². The Morgan fingerprint density at radius 1 is 0.966 bits per heavy atom. The molecule has 0 spiro atoms. The van der Waals surface area contributed by atoms with Gasteiger partial charge in [-0.05, 0) is 23.1 Å². The molecule has 3 aromatic rings. The Labute approximate surface area is 166 Å². The van der Waals surface area contributed by atoms with Crippen LogP contribution < -0.4 is 11.1 Å². The number of fused-ring (bicyclic) bond motifs is 1. The second-order valence-corrected chi connectivity index (χ2v) is 7.79. The molecule has 0 amide bonds. The number of H-pyrrole nitrogens is 1. The topological polar surface area (TPSA) is 98.2 Å². The number of Topliss-reactive ketones (excluding diaryl/α,β-unsaturated/α-hetero) is 1.